The molecule has 29 heavy (non-hydrogen) atoms. The summed E-state index contributed by atoms with van der Waals surface area (Å²) < 4.78 is 5.21. The van der Waals surface area contributed by atoms with Gasteiger partial charge in [-0.25, -0.2) is 0 Å². The Balaban J connectivity index is 1.49. The fourth-order valence-electron chi connectivity index (χ4n) is 4.35. The standard InChI is InChI=1S/C25H24N2O2/c1-16-12-18-13-19(15-29-2)26-23(18)14-21(16)24(28)27-25(10-11-25)22-9-5-7-17-6-3-4-8-20(17)22/h3-9,12-14,26H,10-11,15H2,1-2H3,(H,27,28). The molecular weight excluding hydrogens is 360 g/mol. The first kappa shape index (κ1) is 18.0. The lowest BCUT2D eigenvalue weighted by molar-refractivity contribution is 0.0930. The number of ether oxygens (including phenoxy) is 1. The van der Waals surface area contributed by atoms with E-state index in [9.17, 15) is 4.79 Å². The highest BCUT2D eigenvalue weighted by Crippen LogP contribution is 2.48. The molecule has 2 N–H and O–H groups in total. The van der Waals surface area contributed by atoms with Crippen LogP contribution in [0, 0.1) is 6.92 Å². The molecule has 4 nitrogen and oxygen atoms in total. The average molecular weight is 384 g/mol. The van der Waals surface area contributed by atoms with Crippen LogP contribution in [0.5, 0.6) is 0 Å². The number of hydrogen-bond acceptors (Lipinski definition) is 2. The van der Waals surface area contributed by atoms with Gasteiger partial charge in [-0.15, -0.1) is 0 Å². The SMILES string of the molecule is COCc1cc2cc(C)c(C(=O)NC3(c4cccc5ccccc45)CC3)cc2[nH]1. The molecule has 0 bridgehead atoms. The van der Waals surface area contributed by atoms with Gasteiger partial charge in [-0.2, -0.15) is 0 Å². The number of carbonyl (C=O) groups is 1. The minimum atomic E-state index is -0.268. The number of amides is 1. The minimum Gasteiger partial charge on any atom is -0.378 e. The molecule has 1 heterocycles. The average Bonchev–Trinajstić information content (AvgIpc) is 3.39. The largest absolute Gasteiger partial charge is 0.378 e. The van der Waals surface area contributed by atoms with Crippen molar-refractivity contribution in [2.75, 3.05) is 7.11 Å². The van der Waals surface area contributed by atoms with E-state index in [0.29, 0.717) is 6.61 Å². The second kappa shape index (κ2) is 6.75. The van der Waals surface area contributed by atoms with Crippen LogP contribution < -0.4 is 5.32 Å². The van der Waals surface area contributed by atoms with Crippen molar-refractivity contribution < 1.29 is 9.53 Å². The van der Waals surface area contributed by atoms with E-state index in [2.05, 4.69) is 64.9 Å². The maximum Gasteiger partial charge on any atom is 0.252 e. The summed E-state index contributed by atoms with van der Waals surface area (Å²) in [5.74, 6) is -0.0160. The molecule has 3 aromatic carbocycles. The van der Waals surface area contributed by atoms with Crippen LogP contribution >= 0.6 is 0 Å². The second-order valence-corrected chi connectivity index (χ2v) is 8.04. The molecule has 1 saturated carbocycles. The molecule has 1 aliphatic rings. The van der Waals surface area contributed by atoms with Crippen molar-refractivity contribution in [2.45, 2.75) is 31.9 Å². The van der Waals surface area contributed by atoms with Crippen LogP contribution in [0.15, 0.2) is 60.7 Å². The molecule has 0 atom stereocenters. The summed E-state index contributed by atoms with van der Waals surface area (Å²) in [5, 5.41) is 6.88. The van der Waals surface area contributed by atoms with E-state index in [-0.39, 0.29) is 11.4 Å². The molecule has 146 valence electrons. The first-order valence-electron chi connectivity index (χ1n) is 10.0. The molecule has 4 aromatic rings. The van der Waals surface area contributed by atoms with Crippen LogP contribution in [0.25, 0.3) is 21.7 Å². The van der Waals surface area contributed by atoms with Crippen LogP contribution in [-0.4, -0.2) is 18.0 Å². The summed E-state index contributed by atoms with van der Waals surface area (Å²) >= 11 is 0. The second-order valence-electron chi connectivity index (χ2n) is 8.04. The van der Waals surface area contributed by atoms with E-state index in [1.807, 2.05) is 13.0 Å². The third-order valence-corrected chi connectivity index (χ3v) is 5.97. The highest BCUT2D eigenvalue weighted by molar-refractivity contribution is 6.00. The fourth-order valence-corrected chi connectivity index (χ4v) is 4.35. The number of methoxy groups -OCH3 is 1. The van der Waals surface area contributed by atoms with Gasteiger partial charge in [0.1, 0.15) is 0 Å². The number of aromatic nitrogens is 1. The molecular formula is C25H24N2O2. The highest BCUT2D eigenvalue weighted by Gasteiger charge is 2.46. The third-order valence-electron chi connectivity index (χ3n) is 5.97. The zero-order valence-corrected chi connectivity index (χ0v) is 16.7. The zero-order chi connectivity index (χ0) is 20.0. The van der Waals surface area contributed by atoms with Gasteiger partial charge in [0.05, 0.1) is 12.1 Å². The molecule has 0 unspecified atom stereocenters. The van der Waals surface area contributed by atoms with Crippen LogP contribution in [0.4, 0.5) is 0 Å². The number of fused-ring (bicyclic) bond motifs is 2. The molecule has 1 aliphatic carbocycles. The summed E-state index contributed by atoms with van der Waals surface area (Å²) in [6.45, 7) is 2.52. The highest BCUT2D eigenvalue weighted by atomic mass is 16.5. The van der Waals surface area contributed by atoms with Crippen molar-refractivity contribution >= 4 is 27.6 Å². The van der Waals surface area contributed by atoms with Crippen LogP contribution in [0.1, 0.15) is 40.0 Å². The van der Waals surface area contributed by atoms with Gasteiger partial charge in [-0.1, -0.05) is 42.5 Å². The maximum absolute atomic E-state index is 13.3. The number of nitrogens with one attached hydrogen (secondary N) is 2. The van der Waals surface area contributed by atoms with Crippen LogP contribution in [0.2, 0.25) is 0 Å². The van der Waals surface area contributed by atoms with Crippen molar-refractivity contribution in [3.8, 4) is 0 Å². The van der Waals surface area contributed by atoms with Gasteiger partial charge in [0.15, 0.2) is 0 Å². The number of rotatable bonds is 5. The Labute approximate surface area is 169 Å². The topological polar surface area (TPSA) is 54.1 Å². The van der Waals surface area contributed by atoms with E-state index >= 15 is 0 Å². The molecule has 0 radical (unpaired) electrons. The van der Waals surface area contributed by atoms with Crippen molar-refractivity contribution in [1.29, 1.82) is 0 Å². The summed E-state index contributed by atoms with van der Waals surface area (Å²) in [6, 6.07) is 20.8. The Morgan fingerprint density at radius 1 is 1.07 bits per heavy atom. The van der Waals surface area contributed by atoms with E-state index in [1.165, 1.54) is 16.3 Å². The summed E-state index contributed by atoms with van der Waals surface area (Å²) in [4.78, 5) is 16.6. The lowest BCUT2D eigenvalue weighted by atomic mass is 9.96. The van der Waals surface area contributed by atoms with Gasteiger partial charge in [0.2, 0.25) is 0 Å². The Morgan fingerprint density at radius 2 is 1.86 bits per heavy atom. The number of carbonyl (C=O) groups excluding carboxylic acids is 1. The molecule has 1 amide bonds. The first-order valence-corrected chi connectivity index (χ1v) is 10.0. The quantitative estimate of drug-likeness (QED) is 0.497. The number of H-pyrrole nitrogens is 1. The monoisotopic (exact) mass is 384 g/mol. The van der Waals surface area contributed by atoms with E-state index in [4.69, 9.17) is 4.74 Å². The Kier molecular flexibility index (Phi) is 4.18. The molecule has 0 aliphatic heterocycles. The van der Waals surface area contributed by atoms with Crippen LogP contribution in [-0.2, 0) is 16.9 Å². The first-order chi connectivity index (χ1) is 14.1. The van der Waals surface area contributed by atoms with Gasteiger partial charge in [0.25, 0.3) is 5.91 Å². The molecule has 5 rings (SSSR count). The minimum absolute atomic E-state index is 0.0160. The van der Waals surface area contributed by atoms with Gasteiger partial charge < -0.3 is 15.0 Å². The van der Waals surface area contributed by atoms with Gasteiger partial charge in [-0.3, -0.25) is 4.79 Å². The van der Waals surface area contributed by atoms with Gasteiger partial charge in [0, 0.05) is 29.3 Å². The lowest BCUT2D eigenvalue weighted by Crippen LogP contribution is -2.35. The predicted octanol–water partition coefficient (Wildman–Crippen LogP) is 5.20. The smallest absolute Gasteiger partial charge is 0.252 e. The molecule has 0 spiro atoms. The Hall–Kier alpha value is -3.11. The molecule has 1 fully saturated rings. The Morgan fingerprint density at radius 3 is 2.66 bits per heavy atom. The predicted molar refractivity (Wildman–Crippen MR) is 116 cm³/mol. The van der Waals surface area contributed by atoms with Crippen molar-refractivity contribution in [1.82, 2.24) is 10.3 Å². The summed E-state index contributed by atoms with van der Waals surface area (Å²) in [6.07, 6.45) is 1.93. The maximum atomic E-state index is 13.3. The van der Waals surface area contributed by atoms with Gasteiger partial charge in [-0.05, 0) is 59.9 Å². The van der Waals surface area contributed by atoms with E-state index < -0.39 is 0 Å². The number of aromatic amines is 1. The van der Waals surface area contributed by atoms with Crippen molar-refractivity contribution in [3.05, 3.63) is 83.0 Å². The number of aryl methyl sites for hydroxylation is 1. The Bertz CT molecular complexity index is 1230. The van der Waals surface area contributed by atoms with Gasteiger partial charge >= 0.3 is 0 Å². The third kappa shape index (κ3) is 3.10. The van der Waals surface area contributed by atoms with E-state index in [1.54, 1.807) is 7.11 Å². The molecule has 0 saturated heterocycles. The number of hydrogen-bond donors (Lipinski definition) is 2. The zero-order valence-electron chi connectivity index (χ0n) is 16.7. The van der Waals surface area contributed by atoms with E-state index in [0.717, 1.165) is 40.6 Å². The summed E-state index contributed by atoms with van der Waals surface area (Å²) in [7, 11) is 1.68. The van der Waals surface area contributed by atoms with Crippen molar-refractivity contribution in [2.24, 2.45) is 0 Å². The fraction of sp³-hybridized carbons (Fsp3) is 0.240. The molecule has 4 heteroatoms. The molecule has 1 aromatic heterocycles. The summed E-state index contributed by atoms with van der Waals surface area (Å²) in [5.41, 5.74) is 4.61. The van der Waals surface area contributed by atoms with Crippen LogP contribution in [0.3, 0.4) is 0 Å². The van der Waals surface area contributed by atoms with Crippen molar-refractivity contribution in [3.63, 3.8) is 0 Å². The lowest BCUT2D eigenvalue weighted by Gasteiger charge is -2.21. The normalized spacial score (nSPS) is 15.0. The number of benzene rings is 3.